The van der Waals surface area contributed by atoms with E-state index in [-0.39, 0.29) is 12.1 Å². The minimum Gasteiger partial charge on any atom is -0.494 e. The lowest BCUT2D eigenvalue weighted by Gasteiger charge is -2.37. The van der Waals surface area contributed by atoms with Gasteiger partial charge >= 0.3 is 6.03 Å². The third-order valence-corrected chi connectivity index (χ3v) is 6.09. The van der Waals surface area contributed by atoms with E-state index in [1.165, 1.54) is 6.07 Å². The number of fused-ring (bicyclic) bond motifs is 1. The van der Waals surface area contributed by atoms with Crippen molar-refractivity contribution in [3.63, 3.8) is 0 Å². The number of aryl methyl sites for hydroxylation is 1. The van der Waals surface area contributed by atoms with Crippen LogP contribution in [-0.4, -0.2) is 59.8 Å². The molecule has 0 spiro atoms. The molecular formula is C23H23F2N5O2. The number of ether oxygens (including phenoxy) is 1. The predicted octanol–water partition coefficient (Wildman–Crippen LogP) is 3.60. The molecule has 32 heavy (non-hydrogen) atoms. The Hall–Kier alpha value is -3.62. The first-order valence-corrected chi connectivity index (χ1v) is 10.4. The molecule has 3 aromatic rings. The van der Waals surface area contributed by atoms with Crippen LogP contribution in [0.5, 0.6) is 5.75 Å². The maximum Gasteiger partial charge on any atom is 0.324 e. The summed E-state index contributed by atoms with van der Waals surface area (Å²) in [7, 11) is 1.60. The van der Waals surface area contributed by atoms with Crippen LogP contribution >= 0.6 is 0 Å². The van der Waals surface area contributed by atoms with Gasteiger partial charge in [-0.1, -0.05) is 0 Å². The van der Waals surface area contributed by atoms with Crippen molar-refractivity contribution in [3.05, 3.63) is 66.3 Å². The Bertz CT molecular complexity index is 1180. The number of piperazine rings is 1. The highest BCUT2D eigenvalue weighted by Crippen LogP contribution is 2.33. The van der Waals surface area contributed by atoms with E-state index in [0.717, 1.165) is 23.1 Å². The standard InChI is InChI=1S/C23H23F2N5O2/c1-15-11-28(14-26-15)21-6-4-17(10-22(21)32-2)30-13-18-12-27(7-8-29(18)23(30)31)16-3-5-19(24)20(25)9-16/h3-6,9-11,14,18H,7-8,12-13H2,1-2H3. The van der Waals surface area contributed by atoms with Crippen LogP contribution in [0, 0.1) is 18.6 Å². The van der Waals surface area contributed by atoms with Crippen LogP contribution in [0.25, 0.3) is 5.69 Å². The third-order valence-electron chi connectivity index (χ3n) is 6.09. The Morgan fingerprint density at radius 1 is 1.03 bits per heavy atom. The summed E-state index contributed by atoms with van der Waals surface area (Å²) in [5, 5.41) is 0. The number of hydrogen-bond acceptors (Lipinski definition) is 4. The molecule has 9 heteroatoms. The Balaban J connectivity index is 1.37. The first-order chi connectivity index (χ1) is 15.4. The van der Waals surface area contributed by atoms with Crippen LogP contribution in [-0.2, 0) is 0 Å². The summed E-state index contributed by atoms with van der Waals surface area (Å²) in [4.78, 5) is 22.9. The fourth-order valence-electron chi connectivity index (χ4n) is 4.44. The Morgan fingerprint density at radius 2 is 1.84 bits per heavy atom. The molecule has 166 valence electrons. The largest absolute Gasteiger partial charge is 0.494 e. The van der Waals surface area contributed by atoms with Gasteiger partial charge in [-0.2, -0.15) is 0 Å². The summed E-state index contributed by atoms with van der Waals surface area (Å²) in [6.45, 7) is 4.05. The predicted molar refractivity (Wildman–Crippen MR) is 117 cm³/mol. The number of rotatable bonds is 4. The van der Waals surface area contributed by atoms with E-state index in [1.54, 1.807) is 24.4 Å². The van der Waals surface area contributed by atoms with Gasteiger partial charge in [-0.05, 0) is 31.2 Å². The molecule has 0 N–H and O–H groups in total. The van der Waals surface area contributed by atoms with Gasteiger partial charge in [-0.25, -0.2) is 18.6 Å². The summed E-state index contributed by atoms with van der Waals surface area (Å²) >= 11 is 0. The summed E-state index contributed by atoms with van der Waals surface area (Å²) < 4.78 is 34.5. The number of imidazole rings is 1. The van der Waals surface area contributed by atoms with Crippen molar-refractivity contribution >= 4 is 17.4 Å². The molecule has 0 saturated carbocycles. The van der Waals surface area contributed by atoms with Gasteiger partial charge in [0.1, 0.15) is 5.75 Å². The number of benzene rings is 2. The van der Waals surface area contributed by atoms with Crippen molar-refractivity contribution in [2.75, 3.05) is 43.1 Å². The summed E-state index contributed by atoms with van der Waals surface area (Å²) in [5.41, 5.74) is 3.11. The van der Waals surface area contributed by atoms with E-state index in [2.05, 4.69) is 4.98 Å². The number of nitrogens with zero attached hydrogens (tertiary/aromatic N) is 5. The van der Waals surface area contributed by atoms with Gasteiger partial charge in [-0.3, -0.25) is 4.90 Å². The zero-order chi connectivity index (χ0) is 22.4. The number of aromatic nitrogens is 2. The number of halogens is 2. The Morgan fingerprint density at radius 3 is 2.56 bits per heavy atom. The van der Waals surface area contributed by atoms with Crippen LogP contribution in [0.4, 0.5) is 25.0 Å². The summed E-state index contributed by atoms with van der Waals surface area (Å²) in [6.07, 6.45) is 3.63. The minimum atomic E-state index is -0.866. The van der Waals surface area contributed by atoms with E-state index in [4.69, 9.17) is 4.74 Å². The van der Waals surface area contributed by atoms with Gasteiger partial charge in [0.25, 0.3) is 0 Å². The van der Waals surface area contributed by atoms with Crippen LogP contribution in [0.2, 0.25) is 0 Å². The van der Waals surface area contributed by atoms with Crippen molar-refractivity contribution in [2.24, 2.45) is 0 Å². The molecular weight excluding hydrogens is 416 g/mol. The van der Waals surface area contributed by atoms with Crippen LogP contribution < -0.4 is 14.5 Å². The third kappa shape index (κ3) is 3.43. The first kappa shape index (κ1) is 20.3. The summed E-state index contributed by atoms with van der Waals surface area (Å²) in [5.74, 6) is -1.09. The highest BCUT2D eigenvalue weighted by atomic mass is 19.2. The fourth-order valence-corrected chi connectivity index (χ4v) is 4.44. The van der Waals surface area contributed by atoms with Crippen molar-refractivity contribution in [3.8, 4) is 11.4 Å². The lowest BCUT2D eigenvalue weighted by atomic mass is 10.1. The smallest absolute Gasteiger partial charge is 0.324 e. The molecule has 1 aromatic heterocycles. The second kappa shape index (κ2) is 7.81. The van der Waals surface area contributed by atoms with Crippen LogP contribution in [0.15, 0.2) is 48.9 Å². The molecule has 2 aliphatic rings. The zero-order valence-electron chi connectivity index (χ0n) is 17.8. The molecule has 3 heterocycles. The fraction of sp³-hybridized carbons (Fsp3) is 0.304. The van der Waals surface area contributed by atoms with Crippen molar-refractivity contribution < 1.29 is 18.3 Å². The zero-order valence-corrected chi connectivity index (χ0v) is 17.8. The molecule has 7 nitrogen and oxygen atoms in total. The number of carbonyl (C=O) groups excluding carboxylic acids is 1. The highest BCUT2D eigenvalue weighted by Gasteiger charge is 2.41. The van der Waals surface area contributed by atoms with Gasteiger partial charge in [0.2, 0.25) is 0 Å². The lowest BCUT2D eigenvalue weighted by Crippen LogP contribution is -2.52. The van der Waals surface area contributed by atoms with Crippen LogP contribution in [0.1, 0.15) is 5.69 Å². The number of amides is 2. The SMILES string of the molecule is COc1cc(N2CC3CN(c4ccc(F)c(F)c4)CCN3C2=O)ccc1-n1cnc(C)c1. The first-order valence-electron chi connectivity index (χ1n) is 10.4. The minimum absolute atomic E-state index is 0.0497. The van der Waals surface area contributed by atoms with Crippen molar-refractivity contribution in [1.82, 2.24) is 14.5 Å². The van der Waals surface area contributed by atoms with Gasteiger partial charge in [-0.15, -0.1) is 0 Å². The van der Waals surface area contributed by atoms with Gasteiger partial charge in [0.15, 0.2) is 11.6 Å². The van der Waals surface area contributed by atoms with Gasteiger partial charge < -0.3 is 19.1 Å². The molecule has 2 aliphatic heterocycles. The number of methoxy groups -OCH3 is 1. The molecule has 2 aromatic carbocycles. The molecule has 5 rings (SSSR count). The topological polar surface area (TPSA) is 53.8 Å². The molecule has 1 unspecified atom stereocenters. The number of carbonyl (C=O) groups is 1. The average molecular weight is 439 g/mol. The Kier molecular flexibility index (Phi) is 4.96. The molecule has 2 saturated heterocycles. The second-order valence-electron chi connectivity index (χ2n) is 8.06. The van der Waals surface area contributed by atoms with E-state index >= 15 is 0 Å². The highest BCUT2D eigenvalue weighted by molar-refractivity contribution is 5.95. The maximum absolute atomic E-state index is 13.7. The molecule has 0 radical (unpaired) electrons. The normalized spacial score (nSPS) is 18.3. The van der Waals surface area contributed by atoms with Crippen molar-refractivity contribution in [2.45, 2.75) is 13.0 Å². The van der Waals surface area contributed by atoms with Crippen molar-refractivity contribution in [1.29, 1.82) is 0 Å². The maximum atomic E-state index is 13.7. The Labute approximate surface area is 184 Å². The number of urea groups is 1. The molecule has 2 amide bonds. The number of hydrogen-bond donors (Lipinski definition) is 0. The lowest BCUT2D eigenvalue weighted by molar-refractivity contribution is 0.199. The molecule has 2 fully saturated rings. The van der Waals surface area contributed by atoms with E-state index in [1.807, 2.05) is 45.7 Å². The van der Waals surface area contributed by atoms with Gasteiger partial charge in [0, 0.05) is 55.9 Å². The molecule has 0 bridgehead atoms. The molecule has 0 aliphatic carbocycles. The van der Waals surface area contributed by atoms with Gasteiger partial charge in [0.05, 0.1) is 30.9 Å². The quantitative estimate of drug-likeness (QED) is 0.624. The van der Waals surface area contributed by atoms with E-state index in [0.29, 0.717) is 37.6 Å². The second-order valence-corrected chi connectivity index (χ2v) is 8.06. The van der Waals surface area contributed by atoms with E-state index in [9.17, 15) is 13.6 Å². The van der Waals surface area contributed by atoms with E-state index < -0.39 is 11.6 Å². The number of anilines is 2. The monoisotopic (exact) mass is 439 g/mol. The van der Waals surface area contributed by atoms with Crippen LogP contribution in [0.3, 0.4) is 0 Å². The molecule has 1 atom stereocenters. The average Bonchev–Trinajstić information content (AvgIpc) is 3.38. The summed E-state index contributed by atoms with van der Waals surface area (Å²) in [6, 6.07) is 9.47.